The standard InChI is InChI=1S/C14H26N2O5S/c1-14(2,3)21-13(17)15-6-4-12(5-7-15)22(18,19)16-8-10-20-11-9-16/h12H,4-11H2,1-3H3. The molecule has 2 rings (SSSR count). The van der Waals surface area contributed by atoms with Crippen LogP contribution in [0.5, 0.6) is 0 Å². The number of nitrogens with zero attached hydrogens (tertiary/aromatic N) is 2. The number of morpholine rings is 1. The molecule has 2 heterocycles. The summed E-state index contributed by atoms with van der Waals surface area (Å²) in [5.41, 5.74) is -0.534. The molecule has 7 nitrogen and oxygen atoms in total. The van der Waals surface area contributed by atoms with Crippen LogP contribution in [0.25, 0.3) is 0 Å². The van der Waals surface area contributed by atoms with Crippen LogP contribution in [0.1, 0.15) is 33.6 Å². The Balaban J connectivity index is 1.90. The maximum absolute atomic E-state index is 12.6. The van der Waals surface area contributed by atoms with Gasteiger partial charge in [-0.3, -0.25) is 0 Å². The third kappa shape index (κ3) is 4.33. The van der Waals surface area contributed by atoms with Crippen LogP contribution >= 0.6 is 0 Å². The molecule has 128 valence electrons. The number of hydrogen-bond acceptors (Lipinski definition) is 5. The smallest absolute Gasteiger partial charge is 0.410 e. The highest BCUT2D eigenvalue weighted by Crippen LogP contribution is 2.23. The summed E-state index contributed by atoms with van der Waals surface area (Å²) in [5, 5.41) is -0.413. The van der Waals surface area contributed by atoms with Crippen LogP contribution in [0.3, 0.4) is 0 Å². The van der Waals surface area contributed by atoms with Crippen LogP contribution in [0.4, 0.5) is 4.79 Å². The third-order valence-corrected chi connectivity index (χ3v) is 6.24. The molecule has 0 saturated carbocycles. The van der Waals surface area contributed by atoms with E-state index in [1.165, 1.54) is 4.31 Å². The van der Waals surface area contributed by atoms with E-state index in [0.717, 1.165) is 0 Å². The van der Waals surface area contributed by atoms with Crippen molar-refractivity contribution in [1.29, 1.82) is 0 Å². The molecule has 0 atom stereocenters. The lowest BCUT2D eigenvalue weighted by molar-refractivity contribution is 0.0215. The molecule has 0 aromatic heterocycles. The van der Waals surface area contributed by atoms with Crippen LogP contribution in [0, 0.1) is 0 Å². The summed E-state index contributed by atoms with van der Waals surface area (Å²) in [7, 11) is -3.29. The van der Waals surface area contributed by atoms with E-state index >= 15 is 0 Å². The van der Waals surface area contributed by atoms with Crippen LogP contribution in [-0.4, -0.2) is 74.0 Å². The summed E-state index contributed by atoms with van der Waals surface area (Å²) in [6.45, 7) is 8.06. The van der Waals surface area contributed by atoms with Crippen LogP contribution in [0.15, 0.2) is 0 Å². The zero-order valence-corrected chi connectivity index (χ0v) is 14.4. The number of hydrogen-bond donors (Lipinski definition) is 0. The molecular weight excluding hydrogens is 308 g/mol. The normalized spacial score (nSPS) is 22.6. The minimum atomic E-state index is -3.29. The number of carbonyl (C=O) groups excluding carboxylic acids is 1. The second-order valence-corrected chi connectivity index (χ2v) is 8.94. The van der Waals surface area contributed by atoms with Gasteiger partial charge in [0, 0.05) is 26.2 Å². The average Bonchev–Trinajstić information content (AvgIpc) is 2.46. The molecular formula is C14H26N2O5S. The van der Waals surface area contributed by atoms with Gasteiger partial charge in [-0.15, -0.1) is 0 Å². The molecule has 2 saturated heterocycles. The Hall–Kier alpha value is -0.860. The molecule has 2 aliphatic heterocycles. The minimum absolute atomic E-state index is 0.366. The summed E-state index contributed by atoms with van der Waals surface area (Å²) in [6, 6.07) is 0. The highest BCUT2D eigenvalue weighted by molar-refractivity contribution is 7.89. The SMILES string of the molecule is CC(C)(C)OC(=O)N1CCC(S(=O)(=O)N2CCOCC2)CC1. The first-order valence-electron chi connectivity index (χ1n) is 7.75. The lowest BCUT2D eigenvalue weighted by Crippen LogP contribution is -2.50. The number of likely N-dealkylation sites (tertiary alicyclic amines) is 1. The number of rotatable bonds is 2. The van der Waals surface area contributed by atoms with Gasteiger partial charge >= 0.3 is 6.09 Å². The summed E-state index contributed by atoms with van der Waals surface area (Å²) in [5.74, 6) is 0. The molecule has 0 N–H and O–H groups in total. The van der Waals surface area contributed by atoms with Gasteiger partial charge in [0.15, 0.2) is 0 Å². The van der Waals surface area contributed by atoms with Crippen LogP contribution < -0.4 is 0 Å². The largest absolute Gasteiger partial charge is 0.444 e. The number of ether oxygens (including phenoxy) is 2. The lowest BCUT2D eigenvalue weighted by Gasteiger charge is -2.36. The zero-order valence-electron chi connectivity index (χ0n) is 13.6. The van der Waals surface area contributed by atoms with Crippen molar-refractivity contribution in [3.05, 3.63) is 0 Å². The highest BCUT2D eigenvalue weighted by Gasteiger charge is 2.37. The van der Waals surface area contributed by atoms with Crippen molar-refractivity contribution in [2.24, 2.45) is 0 Å². The van der Waals surface area contributed by atoms with Gasteiger partial charge in [-0.05, 0) is 33.6 Å². The Morgan fingerprint density at radius 3 is 2.14 bits per heavy atom. The van der Waals surface area contributed by atoms with E-state index in [-0.39, 0.29) is 6.09 Å². The van der Waals surface area contributed by atoms with E-state index in [1.807, 2.05) is 20.8 Å². The van der Waals surface area contributed by atoms with Gasteiger partial charge in [-0.1, -0.05) is 0 Å². The molecule has 0 bridgehead atoms. The summed E-state index contributed by atoms with van der Waals surface area (Å²) >= 11 is 0. The van der Waals surface area contributed by atoms with E-state index in [2.05, 4.69) is 0 Å². The minimum Gasteiger partial charge on any atom is -0.444 e. The van der Waals surface area contributed by atoms with Crippen molar-refractivity contribution in [3.63, 3.8) is 0 Å². The molecule has 0 aromatic carbocycles. The second-order valence-electron chi connectivity index (χ2n) is 6.72. The molecule has 2 fully saturated rings. The summed E-state index contributed by atoms with van der Waals surface area (Å²) < 4.78 is 37.2. The van der Waals surface area contributed by atoms with Crippen molar-refractivity contribution in [3.8, 4) is 0 Å². The van der Waals surface area contributed by atoms with Crippen molar-refractivity contribution < 1.29 is 22.7 Å². The molecule has 0 aliphatic carbocycles. The van der Waals surface area contributed by atoms with Gasteiger partial charge in [0.25, 0.3) is 0 Å². The Kier molecular flexibility index (Phi) is 5.34. The quantitative estimate of drug-likeness (QED) is 0.754. The van der Waals surface area contributed by atoms with Gasteiger partial charge < -0.3 is 14.4 Å². The molecule has 22 heavy (non-hydrogen) atoms. The average molecular weight is 334 g/mol. The van der Waals surface area contributed by atoms with E-state index < -0.39 is 20.9 Å². The fourth-order valence-corrected chi connectivity index (χ4v) is 4.56. The maximum Gasteiger partial charge on any atom is 0.410 e. The number of sulfonamides is 1. The molecule has 8 heteroatoms. The Bertz CT molecular complexity index is 486. The molecule has 1 amide bonds. The van der Waals surface area contributed by atoms with Crippen molar-refractivity contribution in [2.45, 2.75) is 44.5 Å². The third-order valence-electron chi connectivity index (χ3n) is 3.84. The monoisotopic (exact) mass is 334 g/mol. The van der Waals surface area contributed by atoms with Crippen LogP contribution in [-0.2, 0) is 19.5 Å². The first-order chi connectivity index (χ1) is 10.2. The van der Waals surface area contributed by atoms with Crippen molar-refractivity contribution >= 4 is 16.1 Å². The predicted molar refractivity (Wildman–Crippen MR) is 82.1 cm³/mol. The van der Waals surface area contributed by atoms with E-state index in [0.29, 0.717) is 52.2 Å². The topological polar surface area (TPSA) is 76.2 Å². The first-order valence-corrected chi connectivity index (χ1v) is 9.25. The van der Waals surface area contributed by atoms with Crippen molar-refractivity contribution in [1.82, 2.24) is 9.21 Å². The van der Waals surface area contributed by atoms with Gasteiger partial charge in [-0.2, -0.15) is 4.31 Å². The first kappa shape index (κ1) is 17.5. The van der Waals surface area contributed by atoms with Gasteiger partial charge in [0.05, 0.1) is 18.5 Å². The maximum atomic E-state index is 12.6. The number of carbonyl (C=O) groups is 1. The zero-order chi connectivity index (χ0) is 16.4. The number of amides is 1. The fourth-order valence-electron chi connectivity index (χ4n) is 2.67. The molecule has 0 aromatic rings. The van der Waals surface area contributed by atoms with E-state index in [1.54, 1.807) is 4.90 Å². The fraction of sp³-hybridized carbons (Fsp3) is 0.929. The molecule has 0 radical (unpaired) electrons. The predicted octanol–water partition coefficient (Wildman–Crippen LogP) is 1.05. The molecule has 0 unspecified atom stereocenters. The van der Waals surface area contributed by atoms with Crippen molar-refractivity contribution in [2.75, 3.05) is 39.4 Å². The lowest BCUT2D eigenvalue weighted by atomic mass is 10.1. The Labute approximate surface area is 132 Å². The highest BCUT2D eigenvalue weighted by atomic mass is 32.2. The summed E-state index contributed by atoms with van der Waals surface area (Å²) in [4.78, 5) is 13.6. The molecule has 2 aliphatic rings. The van der Waals surface area contributed by atoms with Crippen LogP contribution in [0.2, 0.25) is 0 Å². The number of piperidine rings is 1. The second kappa shape index (κ2) is 6.72. The Morgan fingerprint density at radius 2 is 1.64 bits per heavy atom. The van der Waals surface area contributed by atoms with E-state index in [9.17, 15) is 13.2 Å². The van der Waals surface area contributed by atoms with E-state index in [4.69, 9.17) is 9.47 Å². The van der Waals surface area contributed by atoms with Gasteiger partial charge in [0.2, 0.25) is 10.0 Å². The summed E-state index contributed by atoms with van der Waals surface area (Å²) in [6.07, 6.45) is 0.549. The molecule has 0 spiro atoms. The van der Waals surface area contributed by atoms with Gasteiger partial charge in [0.1, 0.15) is 5.60 Å². The van der Waals surface area contributed by atoms with Gasteiger partial charge in [-0.25, -0.2) is 13.2 Å². The Morgan fingerprint density at radius 1 is 1.09 bits per heavy atom.